The van der Waals surface area contributed by atoms with Crippen molar-refractivity contribution < 1.29 is 62.0 Å². The quantitative estimate of drug-likeness (QED) is 0.237. The van der Waals surface area contributed by atoms with Crippen LogP contribution in [0, 0.1) is 34.5 Å². The van der Waals surface area contributed by atoms with Gasteiger partial charge in [-0.3, -0.25) is 19.4 Å². The summed E-state index contributed by atoms with van der Waals surface area (Å²) in [6, 6.07) is 0.656. The van der Waals surface area contributed by atoms with Crippen LogP contribution in [0.25, 0.3) is 0 Å². The molecule has 8 nitrogen and oxygen atoms in total. The number of hydrogen-bond acceptors (Lipinski definition) is 6. The fourth-order valence-corrected chi connectivity index (χ4v) is 11.4. The molecule has 6 aliphatic rings. The summed E-state index contributed by atoms with van der Waals surface area (Å²) in [6.07, 6.45) is 8.22. The van der Waals surface area contributed by atoms with Crippen LogP contribution < -0.4 is 34.0 Å². The highest BCUT2D eigenvalue weighted by Crippen LogP contribution is 2.67. The van der Waals surface area contributed by atoms with Gasteiger partial charge in [0.15, 0.2) is 0 Å². The minimum Gasteiger partial charge on any atom is -1.00 e. The summed E-state index contributed by atoms with van der Waals surface area (Å²) < 4.78 is 14.6. The molecule has 0 aromatic heterocycles. The second kappa shape index (κ2) is 13.6. The van der Waals surface area contributed by atoms with E-state index in [1.165, 1.54) is 25.7 Å². The van der Waals surface area contributed by atoms with Crippen LogP contribution in [0.15, 0.2) is 0 Å². The minimum absolute atomic E-state index is 0. The average molecular weight is 763 g/mol. The third-order valence-electron chi connectivity index (χ3n) is 14.1. The number of halogens is 2. The summed E-state index contributed by atoms with van der Waals surface area (Å²) in [7, 11) is 9.36. The Bertz CT molecular complexity index is 1070. The molecule has 0 aromatic carbocycles. The van der Waals surface area contributed by atoms with E-state index in [1.807, 2.05) is 0 Å². The van der Waals surface area contributed by atoms with Gasteiger partial charge < -0.3 is 52.4 Å². The van der Waals surface area contributed by atoms with Gasteiger partial charge in [-0.05, 0) is 74.0 Å². The molecule has 0 N–H and O–H groups in total. The molecule has 4 aliphatic carbocycles. The first-order chi connectivity index (χ1) is 20.1. The van der Waals surface area contributed by atoms with Crippen LogP contribution in [0.3, 0.4) is 0 Å². The Morgan fingerprint density at radius 3 is 1.76 bits per heavy atom. The van der Waals surface area contributed by atoms with Crippen molar-refractivity contribution >= 4 is 11.9 Å². The molecule has 260 valence electrons. The van der Waals surface area contributed by atoms with E-state index >= 15 is 0 Å². The number of esters is 2. The van der Waals surface area contributed by atoms with Crippen LogP contribution in [-0.2, 0) is 19.1 Å². The summed E-state index contributed by atoms with van der Waals surface area (Å²) in [5, 5.41) is 0. The first kappa shape index (κ1) is 37.6. The van der Waals surface area contributed by atoms with Gasteiger partial charge >= 0.3 is 11.9 Å². The van der Waals surface area contributed by atoms with Crippen LogP contribution in [0.5, 0.6) is 0 Å². The molecular weight excluding hydrogens is 700 g/mol. The van der Waals surface area contributed by atoms with Crippen molar-refractivity contribution in [2.24, 2.45) is 34.5 Å². The molecule has 10 heteroatoms. The predicted octanol–water partition coefficient (Wildman–Crippen LogP) is -2.36. The van der Waals surface area contributed by atoms with E-state index in [0.29, 0.717) is 35.8 Å². The fraction of sp³-hybridized carbons (Fsp3) is 0.943. The second-order valence-electron chi connectivity index (χ2n) is 17.5. The van der Waals surface area contributed by atoms with E-state index in [-0.39, 0.29) is 68.9 Å². The molecule has 0 spiro atoms. The maximum absolute atomic E-state index is 12.5. The topological polar surface area (TPSA) is 59.1 Å². The number of hydrogen-bond donors (Lipinski definition) is 0. The first-order valence-electron chi connectivity index (χ1n) is 17.6. The lowest BCUT2D eigenvalue weighted by Gasteiger charge is -2.62. The number of nitrogens with zero attached hydrogens (tertiary/aromatic N) is 4. The van der Waals surface area contributed by atoms with Gasteiger partial charge in [-0.15, -0.1) is 0 Å². The average Bonchev–Trinajstić information content (AvgIpc) is 3.20. The SMILES string of the molecule is CC(=O)O[C@H]1C[C@H]2CC[C@@H]3[C@@H](CC[C@@]4(C)[C@@H]3C[C@@H](N3CC[N+](C)(C)CC3)[C@@H]4OC(C)=O)[C@@]2(C)C[C@@H]1N1CC[N+](C)(C)CC1.[Br-].[Br-]. The monoisotopic (exact) mass is 760 g/mol. The van der Waals surface area contributed by atoms with Crippen molar-refractivity contribution in [3.05, 3.63) is 0 Å². The number of rotatable bonds is 4. The fourth-order valence-electron chi connectivity index (χ4n) is 11.4. The molecule has 0 bridgehead atoms. The van der Waals surface area contributed by atoms with Crippen LogP contribution in [-0.4, -0.2) is 136 Å². The van der Waals surface area contributed by atoms with Crippen LogP contribution in [0.2, 0.25) is 0 Å². The maximum Gasteiger partial charge on any atom is 0.302 e. The van der Waals surface area contributed by atoms with Gasteiger partial charge in [-0.25, -0.2) is 0 Å². The Labute approximate surface area is 294 Å². The van der Waals surface area contributed by atoms with E-state index in [2.05, 4.69) is 51.8 Å². The predicted molar refractivity (Wildman–Crippen MR) is 168 cm³/mol. The molecule has 4 saturated carbocycles. The summed E-state index contributed by atoms with van der Waals surface area (Å²) >= 11 is 0. The van der Waals surface area contributed by atoms with Crippen LogP contribution in [0.4, 0.5) is 0 Å². The third-order valence-corrected chi connectivity index (χ3v) is 14.1. The van der Waals surface area contributed by atoms with Crippen molar-refractivity contribution in [1.82, 2.24) is 9.80 Å². The summed E-state index contributed by atoms with van der Waals surface area (Å²) in [5.74, 6) is 2.35. The van der Waals surface area contributed by atoms with Crippen molar-refractivity contribution in [3.8, 4) is 0 Å². The molecule has 2 heterocycles. The lowest BCUT2D eigenvalue weighted by Crippen LogP contribution is -3.00. The minimum atomic E-state index is -0.123. The number of fused-ring (bicyclic) bond motifs is 5. The number of ether oxygens (including phenoxy) is 2. The molecule has 6 fully saturated rings. The highest BCUT2D eigenvalue weighted by atomic mass is 79.9. The zero-order valence-electron chi connectivity index (χ0n) is 29.4. The van der Waals surface area contributed by atoms with Crippen molar-refractivity contribution in [1.29, 1.82) is 0 Å². The Hall–Kier alpha value is -0.260. The van der Waals surface area contributed by atoms with Gasteiger partial charge in [0.25, 0.3) is 0 Å². The third kappa shape index (κ3) is 7.08. The highest BCUT2D eigenvalue weighted by Gasteiger charge is 2.65. The first-order valence-corrected chi connectivity index (χ1v) is 17.6. The molecule has 0 aromatic rings. The van der Waals surface area contributed by atoms with Gasteiger partial charge in [0, 0.05) is 57.5 Å². The normalized spacial score (nSPS) is 44.2. The molecule has 2 aliphatic heterocycles. The molecule has 6 rings (SSSR count). The zero-order valence-corrected chi connectivity index (χ0v) is 32.6. The van der Waals surface area contributed by atoms with Crippen LogP contribution >= 0.6 is 0 Å². The lowest BCUT2D eigenvalue weighted by atomic mass is 9.44. The molecule has 2 saturated heterocycles. The van der Waals surface area contributed by atoms with Crippen molar-refractivity contribution in [2.45, 2.75) is 96.9 Å². The molecule has 10 atom stereocenters. The van der Waals surface area contributed by atoms with E-state index in [4.69, 9.17) is 9.47 Å². The number of carbonyl (C=O) groups is 2. The van der Waals surface area contributed by atoms with Crippen LogP contribution in [0.1, 0.15) is 72.6 Å². The molecule has 0 amide bonds. The summed E-state index contributed by atoms with van der Waals surface area (Å²) in [6.45, 7) is 17.3. The summed E-state index contributed by atoms with van der Waals surface area (Å²) in [5.41, 5.74) is 0.308. The van der Waals surface area contributed by atoms with Gasteiger partial charge in [-0.1, -0.05) is 13.8 Å². The molecule has 45 heavy (non-hydrogen) atoms. The molecule has 0 radical (unpaired) electrons. The van der Waals surface area contributed by atoms with Gasteiger partial charge in [-0.2, -0.15) is 0 Å². The molecule has 0 unspecified atom stereocenters. The maximum atomic E-state index is 12.5. The number of likely N-dealkylation sites (N-methyl/N-ethyl adjacent to an activating group) is 2. The largest absolute Gasteiger partial charge is 1.00 e. The molecular formula is C35H62Br2N4O4. The van der Waals surface area contributed by atoms with E-state index in [0.717, 1.165) is 80.6 Å². The van der Waals surface area contributed by atoms with Gasteiger partial charge in [0.2, 0.25) is 0 Å². The number of piperazine rings is 2. The van der Waals surface area contributed by atoms with E-state index < -0.39 is 0 Å². The van der Waals surface area contributed by atoms with Crippen molar-refractivity contribution in [3.63, 3.8) is 0 Å². The Kier molecular flexibility index (Phi) is 11.3. The highest BCUT2D eigenvalue weighted by molar-refractivity contribution is 5.66. The van der Waals surface area contributed by atoms with E-state index in [1.54, 1.807) is 13.8 Å². The Balaban J connectivity index is 0.00000230. The Morgan fingerprint density at radius 2 is 1.22 bits per heavy atom. The number of carbonyl (C=O) groups excluding carboxylic acids is 2. The number of quaternary nitrogens is 2. The van der Waals surface area contributed by atoms with Gasteiger partial charge in [0.1, 0.15) is 12.2 Å². The Morgan fingerprint density at radius 1 is 0.689 bits per heavy atom. The standard InChI is InChI=1S/C35H62N4O4.2BrH/c1-24(40)42-32-21-26-9-10-27-28(35(26,4)23-31(32)37-15-19-39(7,8)20-16-37)11-12-34(3)29(27)22-30(33(34)43-25(2)41)36-13-17-38(5,6)18-14-36;;/h26-33H,9-23H2,1-8H3;2*1H/q+2;;/p-2/t26-,27-,28-,29-,30-,31+,32+,33+,34+,35+;;/m1../s1. The van der Waals surface area contributed by atoms with Crippen molar-refractivity contribution in [2.75, 3.05) is 80.5 Å². The second-order valence-corrected chi connectivity index (χ2v) is 17.5. The van der Waals surface area contributed by atoms with E-state index in [9.17, 15) is 9.59 Å². The lowest BCUT2D eigenvalue weighted by molar-refractivity contribution is -0.894. The zero-order chi connectivity index (χ0) is 30.9. The summed E-state index contributed by atoms with van der Waals surface area (Å²) in [4.78, 5) is 30.2. The van der Waals surface area contributed by atoms with Gasteiger partial charge in [0.05, 0.1) is 54.4 Å². The smallest absolute Gasteiger partial charge is 0.302 e.